The molecule has 0 aliphatic heterocycles. The molecule has 0 radical (unpaired) electrons. The zero-order chi connectivity index (χ0) is 21.5. The molecule has 4 nitrogen and oxygen atoms in total. The van der Waals surface area contributed by atoms with Crippen LogP contribution >= 0.6 is 11.6 Å². The number of rotatable bonds is 9. The molecule has 0 aliphatic rings. The quantitative estimate of drug-likeness (QED) is 0.358. The van der Waals surface area contributed by atoms with E-state index in [1.165, 1.54) is 5.56 Å². The van der Waals surface area contributed by atoms with Crippen molar-refractivity contribution in [1.29, 1.82) is 0 Å². The van der Waals surface area contributed by atoms with Crippen molar-refractivity contribution in [3.8, 4) is 0 Å². The number of pyridine rings is 1. The van der Waals surface area contributed by atoms with Crippen molar-refractivity contribution >= 4 is 28.4 Å². The Morgan fingerprint density at radius 2 is 1.87 bits per heavy atom. The predicted octanol–water partition coefficient (Wildman–Crippen LogP) is 5.68. The molecule has 2 aromatic heterocycles. The van der Waals surface area contributed by atoms with Crippen LogP contribution in [0.1, 0.15) is 35.6 Å². The van der Waals surface area contributed by atoms with E-state index in [1.54, 1.807) is 6.20 Å². The number of halogens is 1. The number of carbonyl (C=O) groups excluding carboxylic acids is 1. The van der Waals surface area contributed by atoms with E-state index in [-0.39, 0.29) is 11.8 Å². The van der Waals surface area contributed by atoms with E-state index in [4.69, 9.17) is 11.6 Å². The van der Waals surface area contributed by atoms with Crippen molar-refractivity contribution in [3.05, 3.63) is 101 Å². The van der Waals surface area contributed by atoms with Crippen molar-refractivity contribution in [2.45, 2.75) is 31.6 Å². The first-order valence-corrected chi connectivity index (χ1v) is 11.0. The highest BCUT2D eigenvalue weighted by Gasteiger charge is 2.20. The number of aromatic amines is 1. The van der Waals surface area contributed by atoms with Crippen LogP contribution in [0.5, 0.6) is 0 Å². The summed E-state index contributed by atoms with van der Waals surface area (Å²) in [5, 5.41) is 4.86. The molecular formula is C26H26ClN3O. The van der Waals surface area contributed by atoms with Crippen LogP contribution in [0.15, 0.2) is 79.1 Å². The molecule has 4 rings (SSSR count). The number of fused-ring (bicyclic) bond motifs is 1. The van der Waals surface area contributed by atoms with Crippen molar-refractivity contribution in [2.24, 2.45) is 0 Å². The Balaban J connectivity index is 1.46. The third kappa shape index (κ3) is 5.74. The highest BCUT2D eigenvalue weighted by atomic mass is 35.5. The molecular weight excluding hydrogens is 406 g/mol. The maximum atomic E-state index is 12.8. The van der Waals surface area contributed by atoms with Gasteiger partial charge in [-0.1, -0.05) is 48.0 Å². The lowest BCUT2D eigenvalue weighted by atomic mass is 9.89. The Bertz CT molecular complexity index is 1130. The molecule has 0 bridgehead atoms. The van der Waals surface area contributed by atoms with E-state index >= 15 is 0 Å². The second-order valence-corrected chi connectivity index (χ2v) is 8.22. The first-order valence-electron chi connectivity index (χ1n) is 10.7. The molecule has 4 aromatic rings. The highest BCUT2D eigenvalue weighted by molar-refractivity contribution is 6.31. The van der Waals surface area contributed by atoms with Gasteiger partial charge < -0.3 is 10.3 Å². The smallest absolute Gasteiger partial charge is 0.220 e. The van der Waals surface area contributed by atoms with Crippen LogP contribution < -0.4 is 5.32 Å². The molecule has 0 aliphatic carbocycles. The number of aromatic nitrogens is 2. The first-order chi connectivity index (χ1) is 15.2. The Morgan fingerprint density at radius 3 is 2.68 bits per heavy atom. The predicted molar refractivity (Wildman–Crippen MR) is 126 cm³/mol. The van der Waals surface area contributed by atoms with Gasteiger partial charge in [-0.3, -0.25) is 9.78 Å². The van der Waals surface area contributed by atoms with E-state index in [1.807, 2.05) is 48.7 Å². The van der Waals surface area contributed by atoms with Crippen LogP contribution in [0.3, 0.4) is 0 Å². The van der Waals surface area contributed by atoms with Gasteiger partial charge in [-0.15, -0.1) is 0 Å². The minimum absolute atomic E-state index is 0.0605. The molecule has 1 amide bonds. The van der Waals surface area contributed by atoms with Crippen LogP contribution in [0.2, 0.25) is 5.02 Å². The average Bonchev–Trinajstić information content (AvgIpc) is 3.21. The minimum Gasteiger partial charge on any atom is -0.361 e. The lowest BCUT2D eigenvalue weighted by Crippen LogP contribution is -2.27. The summed E-state index contributed by atoms with van der Waals surface area (Å²) in [6.07, 6.45) is 6.77. The van der Waals surface area contributed by atoms with Crippen LogP contribution in [0, 0.1) is 0 Å². The number of hydrogen-bond donors (Lipinski definition) is 2. The molecule has 0 saturated heterocycles. The Hall–Kier alpha value is -3.11. The van der Waals surface area contributed by atoms with Crippen LogP contribution in [-0.4, -0.2) is 22.4 Å². The zero-order valence-electron chi connectivity index (χ0n) is 17.4. The lowest BCUT2D eigenvalue weighted by Gasteiger charge is -2.17. The maximum Gasteiger partial charge on any atom is 0.220 e. The summed E-state index contributed by atoms with van der Waals surface area (Å²) in [6, 6.07) is 22.1. The van der Waals surface area contributed by atoms with Gasteiger partial charge in [-0.2, -0.15) is 0 Å². The first kappa shape index (κ1) is 21.1. The van der Waals surface area contributed by atoms with Gasteiger partial charge in [0.15, 0.2) is 0 Å². The zero-order valence-corrected chi connectivity index (χ0v) is 18.1. The number of aryl methyl sites for hydroxylation is 1. The molecule has 2 aromatic carbocycles. The number of H-pyrrole nitrogens is 1. The fourth-order valence-corrected chi connectivity index (χ4v) is 4.15. The molecule has 31 heavy (non-hydrogen) atoms. The fraction of sp³-hybridized carbons (Fsp3) is 0.231. The van der Waals surface area contributed by atoms with Gasteiger partial charge in [0.2, 0.25) is 5.91 Å². The maximum absolute atomic E-state index is 12.8. The van der Waals surface area contributed by atoms with Gasteiger partial charge in [0.1, 0.15) is 0 Å². The van der Waals surface area contributed by atoms with Crippen LogP contribution in [-0.2, 0) is 17.6 Å². The van der Waals surface area contributed by atoms with E-state index in [9.17, 15) is 4.79 Å². The third-order valence-electron chi connectivity index (χ3n) is 5.60. The van der Waals surface area contributed by atoms with Crippen molar-refractivity contribution in [2.75, 3.05) is 6.54 Å². The van der Waals surface area contributed by atoms with Gasteiger partial charge in [0.05, 0.1) is 0 Å². The van der Waals surface area contributed by atoms with Crippen LogP contribution in [0.25, 0.3) is 10.9 Å². The molecule has 0 saturated carbocycles. The van der Waals surface area contributed by atoms with E-state index < -0.39 is 0 Å². The average molecular weight is 432 g/mol. The normalized spacial score (nSPS) is 12.0. The second-order valence-electron chi connectivity index (χ2n) is 7.78. The molecule has 1 unspecified atom stereocenters. The van der Waals surface area contributed by atoms with Gasteiger partial charge in [0, 0.05) is 53.4 Å². The monoisotopic (exact) mass is 431 g/mol. The number of nitrogens with zero attached hydrogens (tertiary/aromatic N) is 1. The summed E-state index contributed by atoms with van der Waals surface area (Å²) in [4.78, 5) is 20.4. The molecule has 5 heteroatoms. The SMILES string of the molecule is O=C(CC(CCc1ccccc1)c1c[nH]c2ccc(Cl)cc12)NCCc1ccccn1. The number of hydrogen-bond acceptors (Lipinski definition) is 2. The number of carbonyl (C=O) groups is 1. The van der Waals surface area contributed by atoms with Crippen LogP contribution in [0.4, 0.5) is 0 Å². The summed E-state index contributed by atoms with van der Waals surface area (Å²) in [7, 11) is 0. The molecule has 1 atom stereocenters. The Morgan fingerprint density at radius 1 is 1.03 bits per heavy atom. The van der Waals surface area contributed by atoms with Crippen molar-refractivity contribution in [3.63, 3.8) is 0 Å². The lowest BCUT2D eigenvalue weighted by molar-refractivity contribution is -0.121. The topological polar surface area (TPSA) is 57.8 Å². The largest absolute Gasteiger partial charge is 0.361 e. The second kappa shape index (κ2) is 10.3. The standard InChI is InChI=1S/C26H26ClN3O/c27-21-11-12-25-23(17-21)24(18-30-25)20(10-9-19-6-2-1-3-7-19)16-26(31)29-15-13-22-8-4-5-14-28-22/h1-8,11-12,14,17-18,20,30H,9-10,13,15-16H2,(H,29,31). The number of nitrogens with one attached hydrogen (secondary N) is 2. The minimum atomic E-state index is 0.0605. The van der Waals surface area contributed by atoms with E-state index in [2.05, 4.69) is 39.6 Å². The van der Waals surface area contributed by atoms with Crippen molar-refractivity contribution in [1.82, 2.24) is 15.3 Å². The summed E-state index contributed by atoms with van der Waals surface area (Å²) < 4.78 is 0. The summed E-state index contributed by atoms with van der Waals surface area (Å²) >= 11 is 6.26. The summed E-state index contributed by atoms with van der Waals surface area (Å²) in [6.45, 7) is 0.584. The number of amides is 1. The molecule has 2 heterocycles. The van der Waals surface area contributed by atoms with Gasteiger partial charge in [0.25, 0.3) is 0 Å². The number of benzene rings is 2. The molecule has 0 spiro atoms. The summed E-state index contributed by atoms with van der Waals surface area (Å²) in [5.74, 6) is 0.160. The highest BCUT2D eigenvalue weighted by Crippen LogP contribution is 2.33. The molecule has 0 fully saturated rings. The van der Waals surface area contributed by atoms with E-state index in [0.717, 1.165) is 41.4 Å². The fourth-order valence-electron chi connectivity index (χ4n) is 3.98. The van der Waals surface area contributed by atoms with Gasteiger partial charge in [-0.25, -0.2) is 0 Å². The molecule has 2 N–H and O–H groups in total. The van der Waals surface area contributed by atoms with E-state index in [0.29, 0.717) is 18.0 Å². The Labute approximate surface area is 187 Å². The summed E-state index contributed by atoms with van der Waals surface area (Å²) in [5.41, 5.74) is 4.45. The third-order valence-corrected chi connectivity index (χ3v) is 5.84. The van der Waals surface area contributed by atoms with Gasteiger partial charge >= 0.3 is 0 Å². The molecule has 158 valence electrons. The Kier molecular flexibility index (Phi) is 7.00. The van der Waals surface area contributed by atoms with Crippen molar-refractivity contribution < 1.29 is 4.79 Å². The van der Waals surface area contributed by atoms with Gasteiger partial charge in [-0.05, 0) is 60.2 Å².